The Hall–Kier alpha value is -3.26. The zero-order chi connectivity index (χ0) is 22.4. The van der Waals surface area contributed by atoms with E-state index in [0.717, 1.165) is 5.56 Å². The Morgan fingerprint density at radius 2 is 1.52 bits per heavy atom. The van der Waals surface area contributed by atoms with Gasteiger partial charge in [0.15, 0.2) is 11.5 Å². The van der Waals surface area contributed by atoms with E-state index in [4.69, 9.17) is 14.2 Å². The third-order valence-electron chi connectivity index (χ3n) is 5.29. The first kappa shape index (κ1) is 22.4. The highest BCUT2D eigenvalue weighted by Gasteiger charge is 2.24. The minimum Gasteiger partial charge on any atom is -0.495 e. The molecule has 1 saturated heterocycles. The summed E-state index contributed by atoms with van der Waals surface area (Å²) in [4.78, 5) is 29.2. The van der Waals surface area contributed by atoms with E-state index in [9.17, 15) is 9.59 Å². The lowest BCUT2D eigenvalue weighted by molar-refractivity contribution is -0.117. The maximum atomic E-state index is 12.9. The van der Waals surface area contributed by atoms with Crippen molar-refractivity contribution in [2.75, 3.05) is 59.4 Å². The van der Waals surface area contributed by atoms with Crippen LogP contribution in [0.3, 0.4) is 0 Å². The SMILES string of the molecule is COc1ccc(C)cc1NC(=O)CN1CCN(C(=O)c2ccc(OC)c(OC)c2)CC1. The molecule has 2 aromatic carbocycles. The molecule has 0 saturated carbocycles. The Balaban J connectivity index is 1.54. The van der Waals surface area contributed by atoms with Gasteiger partial charge in [0, 0.05) is 31.7 Å². The van der Waals surface area contributed by atoms with Crippen LogP contribution in [0.5, 0.6) is 17.2 Å². The number of nitrogens with one attached hydrogen (secondary N) is 1. The smallest absolute Gasteiger partial charge is 0.254 e. The third-order valence-corrected chi connectivity index (χ3v) is 5.29. The van der Waals surface area contributed by atoms with Gasteiger partial charge in [0.05, 0.1) is 33.6 Å². The fourth-order valence-electron chi connectivity index (χ4n) is 3.57. The van der Waals surface area contributed by atoms with Crippen molar-refractivity contribution in [1.29, 1.82) is 0 Å². The van der Waals surface area contributed by atoms with E-state index in [2.05, 4.69) is 5.32 Å². The Kier molecular flexibility index (Phi) is 7.36. The third kappa shape index (κ3) is 5.46. The van der Waals surface area contributed by atoms with Crippen molar-refractivity contribution in [2.45, 2.75) is 6.92 Å². The van der Waals surface area contributed by atoms with Crippen molar-refractivity contribution in [3.63, 3.8) is 0 Å². The van der Waals surface area contributed by atoms with Gasteiger partial charge in [-0.25, -0.2) is 0 Å². The maximum absolute atomic E-state index is 12.9. The predicted molar refractivity (Wildman–Crippen MR) is 118 cm³/mol. The van der Waals surface area contributed by atoms with Gasteiger partial charge >= 0.3 is 0 Å². The summed E-state index contributed by atoms with van der Waals surface area (Å²) in [6.07, 6.45) is 0. The van der Waals surface area contributed by atoms with Crippen LogP contribution in [-0.2, 0) is 4.79 Å². The van der Waals surface area contributed by atoms with Crippen molar-refractivity contribution in [2.24, 2.45) is 0 Å². The quantitative estimate of drug-likeness (QED) is 0.731. The Bertz CT molecular complexity index is 939. The maximum Gasteiger partial charge on any atom is 0.254 e. The summed E-state index contributed by atoms with van der Waals surface area (Å²) in [6, 6.07) is 10.8. The van der Waals surface area contributed by atoms with Gasteiger partial charge in [0.25, 0.3) is 5.91 Å². The normalized spacial score (nSPS) is 14.1. The van der Waals surface area contributed by atoms with Crippen LogP contribution in [0, 0.1) is 6.92 Å². The molecule has 0 atom stereocenters. The molecule has 166 valence electrons. The molecule has 0 bridgehead atoms. The number of benzene rings is 2. The predicted octanol–water partition coefficient (Wildman–Crippen LogP) is 2.42. The molecule has 3 rings (SSSR count). The number of rotatable bonds is 7. The van der Waals surface area contributed by atoms with E-state index in [1.807, 2.05) is 30.0 Å². The number of piperazine rings is 1. The van der Waals surface area contributed by atoms with E-state index in [1.165, 1.54) is 0 Å². The van der Waals surface area contributed by atoms with E-state index in [0.29, 0.717) is 54.7 Å². The molecule has 0 aliphatic carbocycles. The Morgan fingerprint density at radius 1 is 0.871 bits per heavy atom. The van der Waals surface area contributed by atoms with Crippen molar-refractivity contribution in [3.05, 3.63) is 47.5 Å². The monoisotopic (exact) mass is 427 g/mol. The molecule has 2 amide bonds. The topological polar surface area (TPSA) is 80.3 Å². The number of aryl methyl sites for hydroxylation is 1. The fraction of sp³-hybridized carbons (Fsp3) is 0.391. The Labute approximate surface area is 182 Å². The summed E-state index contributed by atoms with van der Waals surface area (Å²) in [5.41, 5.74) is 2.25. The Morgan fingerprint density at radius 3 is 2.16 bits per heavy atom. The van der Waals surface area contributed by atoms with Crippen molar-refractivity contribution < 1.29 is 23.8 Å². The van der Waals surface area contributed by atoms with E-state index < -0.39 is 0 Å². The molecule has 0 unspecified atom stereocenters. The standard InChI is InChI=1S/C23H29N3O5/c1-16-5-7-19(29-2)18(13-16)24-22(27)15-25-9-11-26(12-10-25)23(28)17-6-8-20(30-3)21(14-17)31-4/h5-8,13-14H,9-12,15H2,1-4H3,(H,24,27). The lowest BCUT2D eigenvalue weighted by Crippen LogP contribution is -2.50. The summed E-state index contributed by atoms with van der Waals surface area (Å²) >= 11 is 0. The average Bonchev–Trinajstić information content (AvgIpc) is 2.78. The van der Waals surface area contributed by atoms with Crippen LogP contribution in [0.1, 0.15) is 15.9 Å². The summed E-state index contributed by atoms with van der Waals surface area (Å²) < 4.78 is 15.8. The first-order valence-electron chi connectivity index (χ1n) is 10.1. The van der Waals surface area contributed by atoms with Gasteiger partial charge in [0.1, 0.15) is 5.75 Å². The molecule has 0 spiro atoms. The minimum atomic E-state index is -0.108. The highest BCUT2D eigenvalue weighted by Crippen LogP contribution is 2.28. The summed E-state index contributed by atoms with van der Waals surface area (Å²) in [6.45, 7) is 4.57. The average molecular weight is 428 g/mol. The second kappa shape index (κ2) is 10.2. The van der Waals surface area contributed by atoms with Gasteiger partial charge in [-0.1, -0.05) is 6.07 Å². The molecule has 1 aliphatic heterocycles. The molecule has 31 heavy (non-hydrogen) atoms. The number of hydrogen-bond donors (Lipinski definition) is 1. The van der Waals surface area contributed by atoms with E-state index >= 15 is 0 Å². The number of nitrogens with zero attached hydrogens (tertiary/aromatic N) is 2. The molecule has 0 radical (unpaired) electrons. The molecule has 1 heterocycles. The van der Waals surface area contributed by atoms with Crippen LogP contribution in [0.4, 0.5) is 5.69 Å². The van der Waals surface area contributed by atoms with Crippen LogP contribution in [0.25, 0.3) is 0 Å². The molecule has 1 N–H and O–H groups in total. The number of carbonyl (C=O) groups excluding carboxylic acids is 2. The van der Waals surface area contributed by atoms with Crippen molar-refractivity contribution in [3.8, 4) is 17.2 Å². The first-order chi connectivity index (χ1) is 14.9. The van der Waals surface area contributed by atoms with Crippen LogP contribution in [0.15, 0.2) is 36.4 Å². The van der Waals surface area contributed by atoms with Crippen LogP contribution < -0.4 is 19.5 Å². The van der Waals surface area contributed by atoms with Crippen molar-refractivity contribution >= 4 is 17.5 Å². The number of hydrogen-bond acceptors (Lipinski definition) is 6. The highest BCUT2D eigenvalue weighted by molar-refractivity contribution is 5.95. The van der Waals surface area contributed by atoms with Crippen LogP contribution >= 0.6 is 0 Å². The number of amides is 2. The largest absolute Gasteiger partial charge is 0.495 e. The summed E-state index contributed by atoms with van der Waals surface area (Å²) in [5.74, 6) is 1.57. The van der Waals surface area contributed by atoms with E-state index in [-0.39, 0.29) is 18.4 Å². The molecular weight excluding hydrogens is 398 g/mol. The summed E-state index contributed by atoms with van der Waals surface area (Å²) in [7, 11) is 4.68. The fourth-order valence-corrected chi connectivity index (χ4v) is 3.57. The number of anilines is 1. The van der Waals surface area contributed by atoms with Gasteiger partial charge in [-0.2, -0.15) is 0 Å². The molecular formula is C23H29N3O5. The number of ether oxygens (including phenoxy) is 3. The lowest BCUT2D eigenvalue weighted by Gasteiger charge is -2.34. The highest BCUT2D eigenvalue weighted by atomic mass is 16.5. The molecule has 8 nitrogen and oxygen atoms in total. The van der Waals surface area contributed by atoms with Gasteiger partial charge in [-0.05, 0) is 42.8 Å². The molecule has 1 fully saturated rings. The number of carbonyl (C=O) groups is 2. The molecule has 8 heteroatoms. The van der Waals surface area contributed by atoms with Gasteiger partial charge in [-0.15, -0.1) is 0 Å². The van der Waals surface area contributed by atoms with Gasteiger partial charge in [-0.3, -0.25) is 14.5 Å². The van der Waals surface area contributed by atoms with Gasteiger partial charge in [0.2, 0.25) is 5.91 Å². The molecule has 1 aliphatic rings. The van der Waals surface area contributed by atoms with Crippen LogP contribution in [-0.4, -0.2) is 75.7 Å². The minimum absolute atomic E-state index is 0.0606. The van der Waals surface area contributed by atoms with Crippen LogP contribution in [0.2, 0.25) is 0 Å². The van der Waals surface area contributed by atoms with E-state index in [1.54, 1.807) is 44.4 Å². The summed E-state index contributed by atoms with van der Waals surface area (Å²) in [5, 5.41) is 2.92. The zero-order valence-corrected chi connectivity index (χ0v) is 18.4. The number of methoxy groups -OCH3 is 3. The second-order valence-electron chi connectivity index (χ2n) is 7.39. The van der Waals surface area contributed by atoms with Gasteiger partial charge < -0.3 is 24.4 Å². The second-order valence-corrected chi connectivity index (χ2v) is 7.39. The molecule has 0 aromatic heterocycles. The first-order valence-corrected chi connectivity index (χ1v) is 10.1. The molecule has 2 aromatic rings. The van der Waals surface area contributed by atoms with Crippen molar-refractivity contribution in [1.82, 2.24) is 9.80 Å². The lowest BCUT2D eigenvalue weighted by atomic mass is 10.1. The zero-order valence-electron chi connectivity index (χ0n) is 18.4.